The van der Waals surface area contributed by atoms with Crippen molar-refractivity contribution < 1.29 is 25.2 Å². The molecule has 0 saturated heterocycles. The van der Waals surface area contributed by atoms with E-state index in [1.165, 1.54) is 24.0 Å². The topological polar surface area (TPSA) is 148 Å². The number of rotatable bonds is 7. The highest BCUT2D eigenvalue weighted by Gasteiger charge is 2.58. The SMILES string of the molecule is C=C1CC[C@H]2[C@H](CC#N)[C@@H]([C@@]3(C)CC[C@H](O)C[C@@H]3CO)CC[C@]12C.C=C1CC[C@H]2[C@H](CC(N)=O)[C@@H]([C@@]3(C)CC[C@H](O)C[C@@H]3CO)CC[C@]12C. The molecule has 1 amide bonds. The number of nitrogens with two attached hydrogens (primary N) is 1. The second-order valence-electron chi connectivity index (χ2n) is 18.6. The van der Waals surface area contributed by atoms with Crippen LogP contribution in [0.15, 0.2) is 24.3 Å². The van der Waals surface area contributed by atoms with Gasteiger partial charge in [-0.05, 0) is 159 Å². The van der Waals surface area contributed by atoms with Crippen LogP contribution in [0.4, 0.5) is 0 Å². The molecule has 0 aromatic heterocycles. The number of allylic oxidation sites excluding steroid dienone is 2. The Morgan fingerprint density at radius 2 is 1.16 bits per heavy atom. The smallest absolute Gasteiger partial charge is 0.217 e. The first-order valence-electron chi connectivity index (χ1n) is 19.7. The summed E-state index contributed by atoms with van der Waals surface area (Å²) in [6, 6.07) is 2.47. The van der Waals surface area contributed by atoms with Gasteiger partial charge in [-0.2, -0.15) is 5.26 Å². The molecule has 0 spiro atoms. The summed E-state index contributed by atoms with van der Waals surface area (Å²) >= 11 is 0. The summed E-state index contributed by atoms with van der Waals surface area (Å²) < 4.78 is 0. The monoisotopic (exact) mass is 681 g/mol. The molecular weight excluding hydrogens is 612 g/mol. The molecule has 0 aliphatic heterocycles. The van der Waals surface area contributed by atoms with E-state index >= 15 is 0 Å². The van der Waals surface area contributed by atoms with Crippen molar-refractivity contribution in [1.82, 2.24) is 0 Å². The van der Waals surface area contributed by atoms with Crippen LogP contribution >= 0.6 is 0 Å². The summed E-state index contributed by atoms with van der Waals surface area (Å²) in [4.78, 5) is 11.9. The maximum atomic E-state index is 11.9. The van der Waals surface area contributed by atoms with Crippen LogP contribution in [0.5, 0.6) is 0 Å². The summed E-state index contributed by atoms with van der Waals surface area (Å²) in [6.45, 7) is 18.2. The zero-order valence-corrected chi connectivity index (χ0v) is 31.1. The van der Waals surface area contributed by atoms with E-state index in [1.807, 2.05) is 0 Å². The minimum Gasteiger partial charge on any atom is -0.396 e. The lowest BCUT2D eigenvalue weighted by Crippen LogP contribution is -2.51. The highest BCUT2D eigenvalue weighted by Crippen LogP contribution is 2.65. The van der Waals surface area contributed by atoms with Crippen LogP contribution in [0, 0.1) is 80.3 Å². The lowest BCUT2D eigenvalue weighted by molar-refractivity contribution is -0.126. The van der Waals surface area contributed by atoms with Crippen molar-refractivity contribution in [2.24, 2.45) is 74.7 Å². The normalized spacial score (nSPS) is 48.1. The van der Waals surface area contributed by atoms with Crippen LogP contribution in [-0.4, -0.2) is 51.8 Å². The van der Waals surface area contributed by atoms with E-state index in [1.54, 1.807) is 0 Å². The van der Waals surface area contributed by atoms with Gasteiger partial charge in [0.15, 0.2) is 0 Å². The third-order valence-corrected chi connectivity index (χ3v) is 16.7. The van der Waals surface area contributed by atoms with Gasteiger partial charge in [0.1, 0.15) is 0 Å². The molecule has 0 aromatic carbocycles. The number of aliphatic hydroxyl groups is 4. The fourth-order valence-electron chi connectivity index (χ4n) is 13.3. The first-order chi connectivity index (χ1) is 23.1. The van der Waals surface area contributed by atoms with Gasteiger partial charge in [0.2, 0.25) is 5.91 Å². The van der Waals surface area contributed by atoms with Crippen LogP contribution in [0.2, 0.25) is 0 Å². The van der Waals surface area contributed by atoms with Crippen LogP contribution in [-0.2, 0) is 4.79 Å². The highest BCUT2D eigenvalue weighted by atomic mass is 16.3. The van der Waals surface area contributed by atoms with E-state index < -0.39 is 0 Å². The van der Waals surface area contributed by atoms with E-state index in [0.29, 0.717) is 55.3 Å². The summed E-state index contributed by atoms with van der Waals surface area (Å²) in [7, 11) is 0. The van der Waals surface area contributed by atoms with E-state index in [-0.39, 0.29) is 70.7 Å². The zero-order chi connectivity index (χ0) is 35.9. The minimum atomic E-state index is -0.306. The van der Waals surface area contributed by atoms with Gasteiger partial charge >= 0.3 is 0 Å². The molecule has 0 bridgehead atoms. The van der Waals surface area contributed by atoms with Crippen molar-refractivity contribution >= 4 is 5.91 Å². The van der Waals surface area contributed by atoms with Gasteiger partial charge in [-0.15, -0.1) is 0 Å². The fourth-order valence-corrected chi connectivity index (χ4v) is 13.3. The Bertz CT molecular complexity index is 1280. The number of aliphatic hydroxyl groups excluding tert-OH is 4. The molecule has 14 atom stereocenters. The third-order valence-electron chi connectivity index (χ3n) is 16.7. The Morgan fingerprint density at radius 3 is 1.57 bits per heavy atom. The summed E-state index contributed by atoms with van der Waals surface area (Å²) in [5, 5.41) is 49.6. The average molecular weight is 681 g/mol. The standard InChI is InChI=1S/C21H35NO3.C21H33NO2/c1-13-4-5-17-16(11-19(22)25)18(7-9-20(13,17)2)21(3)8-6-15(24)10-14(21)12-23;1-14-4-5-18-17(8-11-22)19(7-10-20(14,18)2)21(3)9-6-16(24)12-15(21)13-23/h14-18,23-24H,1,4-12H2,2-3H3,(H2,22,25);15-19,23-24H,1,4-10,12-13H2,2-3H3/t14-,15+,16+,17+,18+,20-,21+;15-,16+,17+,18+,19+,20-,21+/m11/s1. The summed E-state index contributed by atoms with van der Waals surface area (Å²) in [5.41, 5.74) is 8.74. The lowest BCUT2D eigenvalue weighted by Gasteiger charge is -2.56. The average Bonchev–Trinajstić information content (AvgIpc) is 3.54. The van der Waals surface area contributed by atoms with E-state index in [2.05, 4.69) is 46.9 Å². The van der Waals surface area contributed by atoms with Gasteiger partial charge in [-0.1, -0.05) is 52.0 Å². The van der Waals surface area contributed by atoms with Gasteiger partial charge in [0.05, 0.1) is 18.3 Å². The molecule has 0 aromatic rings. The summed E-state index contributed by atoms with van der Waals surface area (Å²) in [6.07, 6.45) is 14.3. The number of carbonyl (C=O) groups excluding carboxylic acids is 1. The summed E-state index contributed by atoms with van der Waals surface area (Å²) in [5.74, 6) is 2.61. The van der Waals surface area contributed by atoms with E-state index in [0.717, 1.165) is 64.2 Å². The van der Waals surface area contributed by atoms with Crippen molar-refractivity contribution in [3.05, 3.63) is 24.3 Å². The molecule has 6 aliphatic carbocycles. The number of hydrogen-bond donors (Lipinski definition) is 5. The molecular formula is C42H68N2O5. The first-order valence-corrected chi connectivity index (χ1v) is 19.7. The number of fused-ring (bicyclic) bond motifs is 2. The first kappa shape index (κ1) is 38.5. The van der Waals surface area contributed by atoms with Gasteiger partial charge in [-0.3, -0.25) is 4.79 Å². The molecule has 7 heteroatoms. The highest BCUT2D eigenvalue weighted by molar-refractivity contribution is 5.74. The number of nitrogens with zero attached hydrogens (tertiary/aromatic N) is 1. The Labute approximate surface area is 296 Å². The van der Waals surface area contributed by atoms with Crippen molar-refractivity contribution in [2.75, 3.05) is 13.2 Å². The maximum Gasteiger partial charge on any atom is 0.217 e. The van der Waals surface area contributed by atoms with Crippen LogP contribution in [0.1, 0.15) is 130 Å². The quantitative estimate of drug-likeness (QED) is 0.182. The lowest BCUT2D eigenvalue weighted by atomic mass is 9.49. The van der Waals surface area contributed by atoms with Crippen LogP contribution < -0.4 is 5.73 Å². The van der Waals surface area contributed by atoms with Crippen molar-refractivity contribution in [2.45, 2.75) is 143 Å². The van der Waals surface area contributed by atoms with Gasteiger partial charge in [0, 0.05) is 26.1 Å². The second kappa shape index (κ2) is 14.7. The number of nitriles is 1. The van der Waals surface area contributed by atoms with E-state index in [9.17, 15) is 30.5 Å². The van der Waals surface area contributed by atoms with Gasteiger partial charge < -0.3 is 26.2 Å². The minimum absolute atomic E-state index is 0.0284. The molecule has 0 unspecified atom stereocenters. The number of primary amides is 1. The Balaban J connectivity index is 0.000000191. The molecule has 6 saturated carbocycles. The molecule has 0 radical (unpaired) electrons. The number of amides is 1. The Kier molecular flexibility index (Phi) is 11.6. The molecule has 6 N–H and O–H groups in total. The third kappa shape index (κ3) is 6.83. The molecule has 6 aliphatic rings. The molecule has 49 heavy (non-hydrogen) atoms. The maximum absolute atomic E-state index is 11.9. The Hall–Kier alpha value is -1.72. The van der Waals surface area contributed by atoms with Crippen LogP contribution in [0.25, 0.3) is 0 Å². The second-order valence-corrected chi connectivity index (χ2v) is 18.6. The fraction of sp³-hybridized carbons (Fsp3) is 0.857. The van der Waals surface area contributed by atoms with Crippen LogP contribution in [0.3, 0.4) is 0 Å². The molecule has 6 fully saturated rings. The largest absolute Gasteiger partial charge is 0.396 e. The molecule has 7 nitrogen and oxygen atoms in total. The van der Waals surface area contributed by atoms with Gasteiger partial charge in [-0.25, -0.2) is 0 Å². The molecule has 276 valence electrons. The zero-order valence-electron chi connectivity index (χ0n) is 31.1. The van der Waals surface area contributed by atoms with Crippen molar-refractivity contribution in [1.29, 1.82) is 5.26 Å². The molecule has 0 heterocycles. The number of hydrogen-bond acceptors (Lipinski definition) is 6. The van der Waals surface area contributed by atoms with Crippen molar-refractivity contribution in [3.63, 3.8) is 0 Å². The van der Waals surface area contributed by atoms with Gasteiger partial charge in [0.25, 0.3) is 0 Å². The molecule has 6 rings (SSSR count). The Morgan fingerprint density at radius 1 is 0.735 bits per heavy atom. The van der Waals surface area contributed by atoms with Crippen molar-refractivity contribution in [3.8, 4) is 6.07 Å². The number of carbonyl (C=O) groups is 1. The predicted octanol–water partition coefficient (Wildman–Crippen LogP) is 7.08. The predicted molar refractivity (Wildman–Crippen MR) is 193 cm³/mol. The van der Waals surface area contributed by atoms with E-state index in [4.69, 9.17) is 5.73 Å².